The van der Waals surface area contributed by atoms with Gasteiger partial charge in [0, 0.05) is 17.0 Å². The molecule has 10 heteroatoms. The summed E-state index contributed by atoms with van der Waals surface area (Å²) in [6.45, 7) is 1.62. The molecule has 0 heterocycles. The number of amides is 1. The van der Waals surface area contributed by atoms with E-state index in [1.54, 1.807) is 6.92 Å². The number of esters is 1. The summed E-state index contributed by atoms with van der Waals surface area (Å²) in [5.41, 5.74) is 5.67. The summed E-state index contributed by atoms with van der Waals surface area (Å²) in [6.07, 6.45) is 0.467. The van der Waals surface area contributed by atoms with Gasteiger partial charge in [0.05, 0.1) is 13.0 Å². The molecule has 1 aromatic rings. The van der Waals surface area contributed by atoms with Crippen LogP contribution in [-0.2, 0) is 9.53 Å². The van der Waals surface area contributed by atoms with Gasteiger partial charge in [-0.05, 0) is 34.9 Å². The Bertz CT molecular complexity index is 713. The second-order valence-corrected chi connectivity index (χ2v) is 6.14. The molecule has 0 radical (unpaired) electrons. The molecule has 0 aliphatic heterocycles. The minimum Gasteiger partial charge on any atom is -0.468 e. The number of halogens is 1. The predicted octanol–water partition coefficient (Wildman–Crippen LogP) is 1.30. The Hall–Kier alpha value is -2.75. The molecule has 1 aromatic carbocycles. The molecule has 1 rings (SSSR count). The molecule has 0 aliphatic rings. The highest BCUT2D eigenvalue weighted by Crippen LogP contribution is 2.30. The van der Waals surface area contributed by atoms with Gasteiger partial charge in [-0.2, -0.15) is 4.91 Å². The Balaban J connectivity index is 3.03. The number of nitroso groups, excluding NO2 is 2. The first-order valence-electron chi connectivity index (χ1n) is 8.36. The van der Waals surface area contributed by atoms with Gasteiger partial charge in [0.15, 0.2) is 13.6 Å². The summed E-state index contributed by atoms with van der Waals surface area (Å²) in [4.78, 5) is 46.2. The molecule has 0 saturated carbocycles. The van der Waals surface area contributed by atoms with E-state index in [9.17, 15) is 23.8 Å². The summed E-state index contributed by atoms with van der Waals surface area (Å²) in [5.74, 6) is -2.54. The van der Waals surface area contributed by atoms with Crippen LogP contribution in [0.2, 0.25) is 0 Å². The van der Waals surface area contributed by atoms with Crippen LogP contribution in [0.5, 0.6) is 0 Å². The Morgan fingerprint density at radius 3 is 2.56 bits per heavy atom. The number of carbonyl (C=O) groups excluding carboxylic acids is 2. The molecule has 3 N–H and O–H groups in total. The van der Waals surface area contributed by atoms with Crippen LogP contribution >= 0.6 is 0 Å². The topological polar surface area (TPSA) is 131 Å². The number of hydrogen-bond donors (Lipinski definition) is 2. The Kier molecular flexibility index (Phi) is 8.60. The van der Waals surface area contributed by atoms with Crippen LogP contribution < -0.4 is 11.1 Å². The third-order valence-electron chi connectivity index (χ3n) is 4.09. The van der Waals surface area contributed by atoms with Gasteiger partial charge in [0.25, 0.3) is 5.91 Å². The normalized spacial score (nSPS) is 14.0. The lowest BCUT2D eigenvalue weighted by molar-refractivity contribution is -0.527. The first-order valence-corrected chi connectivity index (χ1v) is 8.36. The van der Waals surface area contributed by atoms with Crippen molar-refractivity contribution in [1.82, 2.24) is 5.32 Å². The highest BCUT2D eigenvalue weighted by atomic mass is 19.1. The minimum atomic E-state index is -1.06. The van der Waals surface area contributed by atoms with Crippen molar-refractivity contribution in [2.45, 2.75) is 25.4 Å². The van der Waals surface area contributed by atoms with Crippen LogP contribution in [0.25, 0.3) is 0 Å². The number of benzene rings is 1. The van der Waals surface area contributed by atoms with Crippen molar-refractivity contribution in [2.75, 3.05) is 27.2 Å². The molecule has 0 bridgehead atoms. The fraction of sp³-hybridized carbons (Fsp3) is 0.529. The maximum absolute atomic E-state index is 14.0. The van der Waals surface area contributed by atoms with Gasteiger partial charge in [-0.25, -0.2) is 4.39 Å². The molecule has 3 atom stereocenters. The lowest BCUT2D eigenvalue weighted by Crippen LogP contribution is -2.43. The summed E-state index contributed by atoms with van der Waals surface area (Å²) in [5, 5.41) is 5.44. The van der Waals surface area contributed by atoms with Crippen molar-refractivity contribution in [1.29, 1.82) is 0 Å². The van der Waals surface area contributed by atoms with E-state index in [4.69, 9.17) is 5.73 Å². The van der Waals surface area contributed by atoms with E-state index in [0.29, 0.717) is 11.2 Å². The maximum Gasteiger partial charge on any atom is 0.324 e. The Labute approximate surface area is 156 Å². The number of rotatable bonds is 10. The standard InChI is InChI=1S/C17H23FN4O5/c1-4-10(9-22(2)26)15(21-25)11-5-12(7-13(18)6-11)16(23)20-8-14(19)17(24)27-3/h5-7,10,14-15H,4,8-9,19H2,1-3H3/p+1/t10?,14-,15?/m1/s1. The molecular formula is C17H24FN4O5+. The molecule has 1 amide bonds. The van der Waals surface area contributed by atoms with Crippen molar-refractivity contribution in [2.24, 2.45) is 16.8 Å². The van der Waals surface area contributed by atoms with Crippen LogP contribution in [0.4, 0.5) is 4.39 Å². The molecule has 148 valence electrons. The third-order valence-corrected chi connectivity index (χ3v) is 4.09. The first kappa shape index (κ1) is 22.3. The number of nitrogens with zero attached hydrogens (tertiary/aromatic N) is 2. The smallest absolute Gasteiger partial charge is 0.324 e. The second kappa shape index (κ2) is 10.4. The molecule has 2 unspecified atom stereocenters. The highest BCUT2D eigenvalue weighted by molar-refractivity contribution is 5.94. The van der Waals surface area contributed by atoms with E-state index in [0.717, 1.165) is 12.1 Å². The molecule has 0 aliphatic carbocycles. The number of ether oxygens (including phenoxy) is 1. The van der Waals surface area contributed by atoms with E-state index < -0.39 is 35.7 Å². The van der Waals surface area contributed by atoms with Crippen molar-refractivity contribution >= 4 is 11.9 Å². The Morgan fingerprint density at radius 2 is 2.04 bits per heavy atom. The molecule has 9 nitrogen and oxygen atoms in total. The lowest BCUT2D eigenvalue weighted by atomic mass is 9.90. The number of nitrogens with two attached hydrogens (primary N) is 1. The molecule has 0 aromatic heterocycles. The zero-order valence-corrected chi connectivity index (χ0v) is 15.5. The number of nitrogens with one attached hydrogen (secondary N) is 1. The van der Waals surface area contributed by atoms with Gasteiger partial charge in [0.2, 0.25) is 0 Å². The zero-order valence-electron chi connectivity index (χ0n) is 15.5. The Morgan fingerprint density at radius 1 is 1.37 bits per heavy atom. The van der Waals surface area contributed by atoms with Gasteiger partial charge in [-0.1, -0.05) is 12.1 Å². The van der Waals surface area contributed by atoms with E-state index in [1.165, 1.54) is 20.2 Å². The second-order valence-electron chi connectivity index (χ2n) is 6.14. The van der Waals surface area contributed by atoms with E-state index in [2.05, 4.69) is 15.2 Å². The lowest BCUT2D eigenvalue weighted by Gasteiger charge is -2.18. The maximum atomic E-state index is 14.0. The van der Waals surface area contributed by atoms with Crippen molar-refractivity contribution in [3.63, 3.8) is 0 Å². The predicted molar refractivity (Wildman–Crippen MR) is 95.5 cm³/mol. The van der Waals surface area contributed by atoms with Gasteiger partial charge in [0.1, 0.15) is 17.9 Å². The van der Waals surface area contributed by atoms with E-state index in [-0.39, 0.29) is 24.2 Å². The minimum absolute atomic E-state index is 0.0406. The molecular weight excluding hydrogens is 359 g/mol. The highest BCUT2D eigenvalue weighted by Gasteiger charge is 2.29. The third kappa shape index (κ3) is 6.48. The first-order chi connectivity index (χ1) is 12.7. The summed E-state index contributed by atoms with van der Waals surface area (Å²) >= 11 is 0. The number of hydrogen-bond acceptors (Lipinski definition) is 7. The average molecular weight is 383 g/mol. The van der Waals surface area contributed by atoms with Crippen LogP contribution in [0.3, 0.4) is 0 Å². The van der Waals surface area contributed by atoms with Gasteiger partial charge in [-0.15, -0.1) is 0 Å². The van der Waals surface area contributed by atoms with Gasteiger partial charge >= 0.3 is 5.97 Å². The largest absolute Gasteiger partial charge is 0.468 e. The fourth-order valence-electron chi connectivity index (χ4n) is 2.66. The summed E-state index contributed by atoms with van der Waals surface area (Å²) in [6, 6.07) is 1.39. The van der Waals surface area contributed by atoms with Crippen LogP contribution in [0.1, 0.15) is 35.3 Å². The SMILES string of the molecule is CCC(C[N+](C)=O)C(N=O)c1cc(F)cc(C(=O)NC[C@@H](N)C(=O)OC)c1. The summed E-state index contributed by atoms with van der Waals surface area (Å²) in [7, 11) is 2.48. The van der Waals surface area contributed by atoms with E-state index in [1.807, 2.05) is 0 Å². The zero-order chi connectivity index (χ0) is 20.6. The van der Waals surface area contributed by atoms with Crippen molar-refractivity contribution in [3.05, 3.63) is 45.0 Å². The molecule has 0 fully saturated rings. The van der Waals surface area contributed by atoms with Crippen molar-refractivity contribution in [3.8, 4) is 0 Å². The van der Waals surface area contributed by atoms with Gasteiger partial charge in [-0.3, -0.25) is 9.59 Å². The fourth-order valence-corrected chi connectivity index (χ4v) is 2.66. The molecule has 0 saturated heterocycles. The van der Waals surface area contributed by atoms with Crippen LogP contribution in [0.15, 0.2) is 23.4 Å². The van der Waals surface area contributed by atoms with Gasteiger partial charge < -0.3 is 15.8 Å². The quantitative estimate of drug-likeness (QED) is 0.356. The van der Waals surface area contributed by atoms with Crippen LogP contribution in [0, 0.1) is 21.5 Å². The van der Waals surface area contributed by atoms with Crippen molar-refractivity contribution < 1.29 is 23.5 Å². The monoisotopic (exact) mass is 383 g/mol. The van der Waals surface area contributed by atoms with Crippen LogP contribution in [-0.4, -0.2) is 49.9 Å². The number of methoxy groups -OCH3 is 1. The summed E-state index contributed by atoms with van der Waals surface area (Å²) < 4.78 is 19.1. The average Bonchev–Trinajstić information content (AvgIpc) is 2.63. The molecule has 27 heavy (non-hydrogen) atoms. The molecule has 0 spiro atoms. The number of carbonyl (C=O) groups is 2. The van der Waals surface area contributed by atoms with E-state index >= 15 is 0 Å².